The summed E-state index contributed by atoms with van der Waals surface area (Å²) in [5.41, 5.74) is -0.310. The van der Waals surface area contributed by atoms with E-state index in [2.05, 4.69) is 18.0 Å². The minimum absolute atomic E-state index is 0.0588. The number of hydrogen-bond acceptors (Lipinski definition) is 4. The van der Waals surface area contributed by atoms with Crippen molar-refractivity contribution in [1.82, 2.24) is 0 Å². The fourth-order valence-electron chi connectivity index (χ4n) is 0.760. The fraction of sp³-hybridized carbons (Fsp3) is 0.250. The largest absolute Gasteiger partial charge is 0.481 e. The first kappa shape index (κ1) is 11.4. The number of hydrogen-bond donors (Lipinski definition) is 2. The summed E-state index contributed by atoms with van der Waals surface area (Å²) in [4.78, 5) is 24.6. The van der Waals surface area contributed by atoms with E-state index in [1.807, 2.05) is 0 Å². The Morgan fingerprint density at radius 2 is 2.08 bits per heavy atom. The molecule has 0 spiro atoms. The van der Waals surface area contributed by atoms with Crippen molar-refractivity contribution in [3.8, 4) is 0 Å². The molecule has 1 atom stereocenters. The van der Waals surface area contributed by atoms with Crippen molar-refractivity contribution < 1.29 is 24.8 Å². The van der Waals surface area contributed by atoms with E-state index in [9.17, 15) is 9.59 Å². The van der Waals surface area contributed by atoms with Gasteiger partial charge >= 0.3 is 11.9 Å². The zero-order valence-corrected chi connectivity index (χ0v) is 6.90. The van der Waals surface area contributed by atoms with Crippen LogP contribution in [-0.2, 0) is 14.5 Å². The van der Waals surface area contributed by atoms with Gasteiger partial charge in [0.2, 0.25) is 0 Å². The zero-order chi connectivity index (χ0) is 10.4. The van der Waals surface area contributed by atoms with Crippen molar-refractivity contribution >= 4 is 11.9 Å². The first-order valence-corrected chi connectivity index (χ1v) is 3.42. The summed E-state index contributed by atoms with van der Waals surface area (Å²) >= 11 is 0. The van der Waals surface area contributed by atoms with Crippen LogP contribution in [0.4, 0.5) is 0 Å². The van der Waals surface area contributed by atoms with Crippen LogP contribution in [0.5, 0.6) is 0 Å². The molecule has 0 saturated carbocycles. The first-order valence-electron chi connectivity index (χ1n) is 3.42. The lowest BCUT2D eigenvalue weighted by Crippen LogP contribution is -2.21. The molecule has 0 aliphatic rings. The highest BCUT2D eigenvalue weighted by molar-refractivity contribution is 5.94. The van der Waals surface area contributed by atoms with E-state index >= 15 is 0 Å². The van der Waals surface area contributed by atoms with Crippen molar-refractivity contribution in [2.75, 3.05) is 0 Å². The van der Waals surface area contributed by atoms with Gasteiger partial charge in [0, 0.05) is 5.57 Å². The van der Waals surface area contributed by atoms with Gasteiger partial charge in [0.05, 0.1) is 5.92 Å². The van der Waals surface area contributed by atoms with Gasteiger partial charge in [-0.2, -0.15) is 5.26 Å². The molecule has 0 aromatic rings. The van der Waals surface area contributed by atoms with Crippen LogP contribution in [0.2, 0.25) is 0 Å². The molecule has 0 saturated heterocycles. The quantitative estimate of drug-likeness (QED) is 0.287. The van der Waals surface area contributed by atoms with Gasteiger partial charge in [-0.3, -0.25) is 9.68 Å². The molecular weight excluding hydrogens is 176 g/mol. The highest BCUT2D eigenvalue weighted by atomic mass is 17.1. The highest BCUT2D eigenvalue weighted by Crippen LogP contribution is 2.15. The third kappa shape index (κ3) is 3.08. The topological polar surface area (TPSA) is 83.8 Å². The minimum atomic E-state index is -1.21. The zero-order valence-electron chi connectivity index (χ0n) is 6.90. The molecule has 5 nitrogen and oxygen atoms in total. The molecule has 0 aliphatic carbocycles. The summed E-state index contributed by atoms with van der Waals surface area (Å²) in [5, 5.41) is 16.6. The molecule has 5 heteroatoms. The lowest BCUT2D eigenvalue weighted by Gasteiger charge is -2.09. The number of aliphatic carboxylic acids is 1. The molecule has 0 bridgehead atoms. The number of carboxylic acid groups (broad SMARTS) is 1. The van der Waals surface area contributed by atoms with Crippen molar-refractivity contribution in [3.05, 3.63) is 24.8 Å². The second kappa shape index (κ2) is 5.10. The van der Waals surface area contributed by atoms with Crippen molar-refractivity contribution in [3.63, 3.8) is 0 Å². The third-order valence-electron chi connectivity index (χ3n) is 1.47. The van der Waals surface area contributed by atoms with Crippen LogP contribution < -0.4 is 0 Å². The smallest absolute Gasteiger partial charge is 0.369 e. The van der Waals surface area contributed by atoms with Gasteiger partial charge < -0.3 is 5.11 Å². The Morgan fingerprint density at radius 3 is 2.38 bits per heavy atom. The van der Waals surface area contributed by atoms with Gasteiger partial charge in [-0.15, -0.1) is 6.58 Å². The van der Waals surface area contributed by atoms with Crippen LogP contribution in [0.15, 0.2) is 24.8 Å². The normalized spacial score (nSPS) is 11.5. The number of allylic oxidation sites excluding steroid dienone is 1. The monoisotopic (exact) mass is 186 g/mol. The molecular formula is C8H10O5. The van der Waals surface area contributed by atoms with Crippen LogP contribution in [0.3, 0.4) is 0 Å². The lowest BCUT2D eigenvalue weighted by atomic mass is 9.97. The molecule has 1 unspecified atom stereocenters. The Labute approximate surface area is 74.9 Å². The second-order valence-corrected chi connectivity index (χ2v) is 2.32. The molecule has 0 heterocycles. The van der Waals surface area contributed by atoms with Gasteiger partial charge in [-0.05, 0) is 6.42 Å². The van der Waals surface area contributed by atoms with Crippen LogP contribution >= 0.6 is 0 Å². The molecule has 0 aromatic carbocycles. The number of carbonyl (C=O) groups excluding carboxylic acids is 1. The number of rotatable bonds is 5. The van der Waals surface area contributed by atoms with E-state index in [0.29, 0.717) is 0 Å². The summed E-state index contributed by atoms with van der Waals surface area (Å²) in [6.45, 7) is 6.53. The van der Waals surface area contributed by atoms with Crippen LogP contribution in [0.1, 0.15) is 6.42 Å². The van der Waals surface area contributed by atoms with E-state index in [-0.39, 0.29) is 12.0 Å². The van der Waals surface area contributed by atoms with E-state index in [0.717, 1.165) is 0 Å². The van der Waals surface area contributed by atoms with E-state index < -0.39 is 17.9 Å². The van der Waals surface area contributed by atoms with E-state index in [4.69, 9.17) is 10.4 Å². The van der Waals surface area contributed by atoms with Gasteiger partial charge in [0.25, 0.3) is 0 Å². The summed E-state index contributed by atoms with van der Waals surface area (Å²) in [6, 6.07) is 0. The molecule has 0 aliphatic heterocycles. The Balaban J connectivity index is 4.54. The minimum Gasteiger partial charge on any atom is -0.481 e. The Kier molecular flexibility index (Phi) is 4.47. The Morgan fingerprint density at radius 1 is 1.54 bits per heavy atom. The van der Waals surface area contributed by atoms with Gasteiger partial charge in [0.15, 0.2) is 0 Å². The van der Waals surface area contributed by atoms with Crippen LogP contribution in [0.25, 0.3) is 0 Å². The van der Waals surface area contributed by atoms with E-state index in [1.54, 1.807) is 0 Å². The van der Waals surface area contributed by atoms with E-state index in [1.165, 1.54) is 6.08 Å². The maximum atomic E-state index is 10.7. The summed E-state index contributed by atoms with van der Waals surface area (Å²) < 4.78 is 0. The maximum Gasteiger partial charge on any atom is 0.369 e. The summed E-state index contributed by atoms with van der Waals surface area (Å²) in [6.07, 6.45) is 1.40. The number of carbonyl (C=O) groups is 2. The van der Waals surface area contributed by atoms with Crippen LogP contribution in [0, 0.1) is 5.92 Å². The molecule has 0 radical (unpaired) electrons. The second-order valence-electron chi connectivity index (χ2n) is 2.32. The van der Waals surface area contributed by atoms with Crippen molar-refractivity contribution in [2.45, 2.75) is 6.42 Å². The molecule has 72 valence electrons. The standard InChI is InChI=1S/C8H10O5/c1-3-4-6(7(9)10)5(2)8(11)13-12/h3,6,12H,1-2,4H2,(H,9,10). The molecule has 0 rings (SSSR count). The highest BCUT2D eigenvalue weighted by Gasteiger charge is 2.25. The summed E-state index contributed by atoms with van der Waals surface area (Å²) in [5.74, 6) is -3.46. The SMILES string of the molecule is C=CCC(C(=C)C(=O)OO)C(=O)O. The predicted molar refractivity (Wildman–Crippen MR) is 43.8 cm³/mol. The average molecular weight is 186 g/mol. The Hall–Kier alpha value is -1.62. The average Bonchev–Trinajstić information content (AvgIpc) is 2.11. The Bertz CT molecular complexity index is 243. The number of carboxylic acids is 1. The predicted octanol–water partition coefficient (Wildman–Crippen LogP) is 0.836. The lowest BCUT2D eigenvalue weighted by molar-refractivity contribution is -0.230. The molecule has 13 heavy (non-hydrogen) atoms. The molecule has 0 aromatic heterocycles. The van der Waals surface area contributed by atoms with Crippen LogP contribution in [-0.4, -0.2) is 22.3 Å². The van der Waals surface area contributed by atoms with Gasteiger partial charge in [-0.25, -0.2) is 4.79 Å². The summed E-state index contributed by atoms with van der Waals surface area (Å²) in [7, 11) is 0. The van der Waals surface area contributed by atoms with Crippen molar-refractivity contribution in [2.24, 2.45) is 5.92 Å². The first-order chi connectivity index (χ1) is 6.04. The van der Waals surface area contributed by atoms with Gasteiger partial charge in [0.1, 0.15) is 0 Å². The molecule has 2 N–H and O–H groups in total. The fourth-order valence-corrected chi connectivity index (χ4v) is 0.760. The van der Waals surface area contributed by atoms with Crippen molar-refractivity contribution in [1.29, 1.82) is 0 Å². The molecule has 0 fully saturated rings. The third-order valence-corrected chi connectivity index (χ3v) is 1.47. The maximum absolute atomic E-state index is 10.7. The molecule has 0 amide bonds. The van der Waals surface area contributed by atoms with Gasteiger partial charge in [-0.1, -0.05) is 12.7 Å².